The van der Waals surface area contributed by atoms with E-state index in [0.29, 0.717) is 11.1 Å². The first kappa shape index (κ1) is 26.6. The van der Waals surface area contributed by atoms with Crippen molar-refractivity contribution in [2.24, 2.45) is 5.10 Å². The highest BCUT2D eigenvalue weighted by atomic mass is 16.6. The molecule has 0 saturated carbocycles. The number of carbonyl (C=O) groups excluding carboxylic acids is 2. The Kier molecular flexibility index (Phi) is 9.09. The first-order chi connectivity index (χ1) is 17.8. The van der Waals surface area contributed by atoms with Crippen LogP contribution in [0.3, 0.4) is 0 Å². The Morgan fingerprint density at radius 3 is 2.30 bits per heavy atom. The average Bonchev–Trinajstić information content (AvgIpc) is 2.91. The van der Waals surface area contributed by atoms with Gasteiger partial charge in [-0.1, -0.05) is 36.4 Å². The van der Waals surface area contributed by atoms with E-state index in [1.807, 2.05) is 24.3 Å². The molecule has 0 aliphatic rings. The maximum absolute atomic E-state index is 12.9. The monoisotopic (exact) mass is 501 g/mol. The number of amides is 2. The predicted octanol–water partition coefficient (Wildman–Crippen LogP) is 4.07. The molecule has 0 spiro atoms. The number of aromatic hydroxyl groups is 1. The third-order valence-electron chi connectivity index (χ3n) is 5.47. The molecule has 10 heteroatoms. The number of benzene rings is 3. The molecule has 0 radical (unpaired) electrons. The summed E-state index contributed by atoms with van der Waals surface area (Å²) >= 11 is 0. The molecule has 3 aromatic carbocycles. The number of para-hydroxylation sites is 1. The zero-order chi connectivity index (χ0) is 26.8. The molecular weight excluding hydrogens is 474 g/mol. The lowest BCUT2D eigenvalue weighted by Crippen LogP contribution is -2.32. The molecule has 37 heavy (non-hydrogen) atoms. The van der Waals surface area contributed by atoms with Crippen molar-refractivity contribution < 1.29 is 19.6 Å². The van der Waals surface area contributed by atoms with Gasteiger partial charge in [-0.25, -0.2) is 5.43 Å². The highest BCUT2D eigenvalue weighted by Gasteiger charge is 2.16. The van der Waals surface area contributed by atoms with Gasteiger partial charge in [-0.3, -0.25) is 19.7 Å². The van der Waals surface area contributed by atoms with E-state index in [1.165, 1.54) is 18.2 Å². The summed E-state index contributed by atoms with van der Waals surface area (Å²) in [6.07, 6.45) is 2.60. The molecule has 0 fully saturated rings. The highest BCUT2D eigenvalue weighted by Crippen LogP contribution is 2.27. The topological polar surface area (TPSA) is 137 Å². The molecule has 2 amide bonds. The van der Waals surface area contributed by atoms with Crippen LogP contribution in [0.1, 0.15) is 35.3 Å². The van der Waals surface area contributed by atoms with Crippen molar-refractivity contribution in [3.8, 4) is 5.75 Å². The fourth-order valence-corrected chi connectivity index (χ4v) is 3.50. The van der Waals surface area contributed by atoms with Crippen LogP contribution in [0.4, 0.5) is 11.4 Å². The van der Waals surface area contributed by atoms with Crippen LogP contribution in [-0.2, 0) is 4.79 Å². The smallest absolute Gasteiger partial charge is 0.311 e. The number of rotatable bonds is 10. The van der Waals surface area contributed by atoms with Crippen molar-refractivity contribution in [2.45, 2.75) is 13.8 Å². The van der Waals surface area contributed by atoms with Gasteiger partial charge < -0.3 is 15.3 Å². The maximum atomic E-state index is 12.9. The van der Waals surface area contributed by atoms with Gasteiger partial charge in [0.2, 0.25) is 5.75 Å². The number of hydrogen-bond acceptors (Lipinski definition) is 7. The number of hydrazone groups is 1. The normalized spacial score (nSPS) is 11.2. The molecular formula is C27H27N5O5. The van der Waals surface area contributed by atoms with Gasteiger partial charge in [0.1, 0.15) is 5.70 Å². The van der Waals surface area contributed by atoms with Gasteiger partial charge in [0.05, 0.1) is 11.1 Å². The van der Waals surface area contributed by atoms with Gasteiger partial charge in [-0.15, -0.1) is 0 Å². The largest absolute Gasteiger partial charge is 0.502 e. The second-order valence-corrected chi connectivity index (χ2v) is 7.81. The van der Waals surface area contributed by atoms with Gasteiger partial charge in [0.25, 0.3) is 11.8 Å². The fraction of sp³-hybridized carbons (Fsp3) is 0.148. The van der Waals surface area contributed by atoms with Crippen LogP contribution >= 0.6 is 0 Å². The molecule has 0 aromatic heterocycles. The minimum atomic E-state index is -0.725. The summed E-state index contributed by atoms with van der Waals surface area (Å²) in [6, 6.07) is 19.9. The van der Waals surface area contributed by atoms with Crippen LogP contribution in [0.2, 0.25) is 0 Å². The number of anilines is 1. The fourth-order valence-electron chi connectivity index (χ4n) is 3.50. The van der Waals surface area contributed by atoms with E-state index in [1.54, 1.807) is 30.3 Å². The molecule has 0 heterocycles. The first-order valence-electron chi connectivity index (χ1n) is 11.6. The molecule has 3 aromatic rings. The number of nitrogens with one attached hydrogen (secondary N) is 2. The lowest BCUT2D eigenvalue weighted by Gasteiger charge is -2.20. The third-order valence-corrected chi connectivity index (χ3v) is 5.47. The Balaban J connectivity index is 1.85. The predicted molar refractivity (Wildman–Crippen MR) is 142 cm³/mol. The number of phenolic OH excluding ortho intramolecular Hbond substituents is 1. The van der Waals surface area contributed by atoms with E-state index in [2.05, 4.69) is 34.6 Å². The minimum Gasteiger partial charge on any atom is -0.502 e. The zero-order valence-electron chi connectivity index (χ0n) is 20.4. The minimum absolute atomic E-state index is 0.0420. The molecule has 0 atom stereocenters. The Hall–Kier alpha value is -4.99. The third kappa shape index (κ3) is 7.01. The van der Waals surface area contributed by atoms with E-state index in [0.717, 1.165) is 31.1 Å². The van der Waals surface area contributed by atoms with Crippen molar-refractivity contribution in [3.63, 3.8) is 0 Å². The Morgan fingerprint density at radius 2 is 1.68 bits per heavy atom. The molecule has 190 valence electrons. The van der Waals surface area contributed by atoms with Crippen molar-refractivity contribution in [2.75, 3.05) is 18.0 Å². The van der Waals surface area contributed by atoms with Crippen molar-refractivity contribution in [3.05, 3.63) is 105 Å². The second-order valence-electron chi connectivity index (χ2n) is 7.81. The van der Waals surface area contributed by atoms with Crippen LogP contribution in [-0.4, -0.2) is 41.1 Å². The van der Waals surface area contributed by atoms with Crippen LogP contribution < -0.4 is 15.6 Å². The molecule has 0 saturated heterocycles. The summed E-state index contributed by atoms with van der Waals surface area (Å²) < 4.78 is 0. The van der Waals surface area contributed by atoms with E-state index < -0.39 is 28.2 Å². The number of phenols is 1. The summed E-state index contributed by atoms with van der Waals surface area (Å²) in [5.74, 6) is -1.78. The molecule has 0 bridgehead atoms. The number of nitrogens with zero attached hydrogens (tertiary/aromatic N) is 3. The van der Waals surface area contributed by atoms with Crippen LogP contribution in [0.25, 0.3) is 6.08 Å². The summed E-state index contributed by atoms with van der Waals surface area (Å²) in [5.41, 5.74) is 3.85. The van der Waals surface area contributed by atoms with Gasteiger partial charge >= 0.3 is 5.69 Å². The number of nitro groups is 1. The van der Waals surface area contributed by atoms with Gasteiger partial charge in [0, 0.05) is 36.0 Å². The summed E-state index contributed by atoms with van der Waals surface area (Å²) in [4.78, 5) is 38.1. The van der Waals surface area contributed by atoms with E-state index in [4.69, 9.17) is 0 Å². The maximum Gasteiger partial charge on any atom is 0.311 e. The molecule has 3 N–H and O–H groups in total. The molecule has 10 nitrogen and oxygen atoms in total. The average molecular weight is 502 g/mol. The Morgan fingerprint density at radius 1 is 1.00 bits per heavy atom. The standard InChI is InChI=1S/C27H27N5O5/c1-3-31(4-2)22-15-13-19(14-16-22)17-23(29-26(34)20-9-6-5-7-10-20)27(35)30-28-18-21-11-8-12-24(25(21)33)32(36)37/h5-18,33H,3-4H2,1-2H3,(H,29,34)(H,30,35)/b23-17+,28-18+. The van der Waals surface area contributed by atoms with E-state index >= 15 is 0 Å². The molecule has 0 unspecified atom stereocenters. The SMILES string of the molecule is CCN(CC)c1ccc(/C=C(/NC(=O)c2ccccc2)C(=O)N/N=C/c2cccc([N+](=O)[O-])c2O)cc1. The van der Waals surface area contributed by atoms with Gasteiger partial charge in [0.15, 0.2) is 0 Å². The number of nitro benzene ring substituents is 1. The van der Waals surface area contributed by atoms with E-state index in [-0.39, 0.29) is 11.3 Å². The highest BCUT2D eigenvalue weighted by molar-refractivity contribution is 6.05. The number of carbonyl (C=O) groups is 2. The Bertz CT molecular complexity index is 1320. The lowest BCUT2D eigenvalue weighted by atomic mass is 10.1. The lowest BCUT2D eigenvalue weighted by molar-refractivity contribution is -0.385. The summed E-state index contributed by atoms with van der Waals surface area (Å²) in [7, 11) is 0. The number of hydrogen-bond donors (Lipinski definition) is 3. The molecule has 3 rings (SSSR count). The molecule has 0 aliphatic carbocycles. The van der Waals surface area contributed by atoms with Crippen molar-refractivity contribution >= 4 is 35.5 Å². The van der Waals surface area contributed by atoms with Crippen molar-refractivity contribution in [1.82, 2.24) is 10.7 Å². The second kappa shape index (κ2) is 12.6. The zero-order valence-corrected chi connectivity index (χ0v) is 20.4. The van der Waals surface area contributed by atoms with Crippen LogP contribution in [0.15, 0.2) is 83.6 Å². The van der Waals surface area contributed by atoms with Crippen LogP contribution in [0.5, 0.6) is 5.75 Å². The van der Waals surface area contributed by atoms with Gasteiger partial charge in [-0.05, 0) is 55.8 Å². The van der Waals surface area contributed by atoms with E-state index in [9.17, 15) is 24.8 Å². The summed E-state index contributed by atoms with van der Waals surface area (Å²) in [5, 5.41) is 27.5. The van der Waals surface area contributed by atoms with Crippen LogP contribution in [0, 0.1) is 10.1 Å². The first-order valence-corrected chi connectivity index (χ1v) is 11.6. The van der Waals surface area contributed by atoms with Gasteiger partial charge in [-0.2, -0.15) is 5.10 Å². The van der Waals surface area contributed by atoms with Crippen molar-refractivity contribution in [1.29, 1.82) is 0 Å². The summed E-state index contributed by atoms with van der Waals surface area (Å²) in [6.45, 7) is 5.83. The Labute approximate surface area is 214 Å². The quantitative estimate of drug-likeness (QED) is 0.166. The molecule has 0 aliphatic heterocycles.